The summed E-state index contributed by atoms with van der Waals surface area (Å²) >= 11 is 0. The molecule has 0 spiro atoms. The Balaban J connectivity index is 2.77. The van der Waals surface area contributed by atoms with Crippen molar-refractivity contribution in [3.05, 3.63) is 23.8 Å². The van der Waals surface area contributed by atoms with Crippen LogP contribution in [0.2, 0.25) is 0 Å². The summed E-state index contributed by atoms with van der Waals surface area (Å²) in [6.45, 7) is 5.85. The Morgan fingerprint density at radius 3 is 2.68 bits per heavy atom. The number of benzene rings is 1. The van der Waals surface area contributed by atoms with Crippen LogP contribution in [0.4, 0.5) is 0 Å². The van der Waals surface area contributed by atoms with Gasteiger partial charge < -0.3 is 19.9 Å². The molecular weight excluding hydrogens is 246 g/mol. The molecule has 5 nitrogen and oxygen atoms in total. The standard InChI is InChI=1S/C14H21NO4/c1-4-18-12-7-5-6-11(8-16)14(12)19-9-13(17)15-10(2)3/h5-7,10,16H,4,8-9H2,1-3H3,(H,15,17). The number of hydrogen-bond donors (Lipinski definition) is 2. The fourth-order valence-electron chi connectivity index (χ4n) is 1.62. The topological polar surface area (TPSA) is 67.8 Å². The van der Waals surface area contributed by atoms with Gasteiger partial charge in [-0.25, -0.2) is 0 Å². The summed E-state index contributed by atoms with van der Waals surface area (Å²) in [6, 6.07) is 5.32. The number of carbonyl (C=O) groups excluding carboxylic acids is 1. The van der Waals surface area contributed by atoms with Crippen molar-refractivity contribution in [1.82, 2.24) is 5.32 Å². The molecule has 2 N–H and O–H groups in total. The molecule has 0 saturated heterocycles. The van der Waals surface area contributed by atoms with Gasteiger partial charge in [0, 0.05) is 11.6 Å². The number of rotatable bonds is 7. The molecule has 1 amide bonds. The third-order valence-electron chi connectivity index (χ3n) is 2.33. The zero-order valence-electron chi connectivity index (χ0n) is 11.6. The normalized spacial score (nSPS) is 10.4. The Morgan fingerprint density at radius 2 is 2.11 bits per heavy atom. The van der Waals surface area contributed by atoms with E-state index in [9.17, 15) is 9.90 Å². The molecule has 0 aliphatic rings. The molecule has 1 rings (SSSR count). The second kappa shape index (κ2) is 7.63. The lowest BCUT2D eigenvalue weighted by Crippen LogP contribution is -2.34. The number of aliphatic hydroxyl groups is 1. The van der Waals surface area contributed by atoms with Crippen molar-refractivity contribution in [3.63, 3.8) is 0 Å². The smallest absolute Gasteiger partial charge is 0.258 e. The van der Waals surface area contributed by atoms with Crippen LogP contribution in [-0.2, 0) is 11.4 Å². The van der Waals surface area contributed by atoms with E-state index in [1.54, 1.807) is 18.2 Å². The van der Waals surface area contributed by atoms with Gasteiger partial charge in [-0.05, 0) is 26.8 Å². The van der Waals surface area contributed by atoms with Gasteiger partial charge in [0.2, 0.25) is 0 Å². The molecule has 0 aromatic heterocycles. The summed E-state index contributed by atoms with van der Waals surface area (Å²) in [5, 5.41) is 12.0. The summed E-state index contributed by atoms with van der Waals surface area (Å²) in [4.78, 5) is 11.6. The average molecular weight is 267 g/mol. The monoisotopic (exact) mass is 267 g/mol. The van der Waals surface area contributed by atoms with Crippen LogP contribution >= 0.6 is 0 Å². The third kappa shape index (κ3) is 4.79. The molecule has 0 aliphatic heterocycles. The number of hydrogen-bond acceptors (Lipinski definition) is 4. The molecule has 5 heteroatoms. The minimum atomic E-state index is -0.204. The van der Waals surface area contributed by atoms with Crippen LogP contribution in [0.1, 0.15) is 26.3 Å². The summed E-state index contributed by atoms with van der Waals surface area (Å²) in [5.74, 6) is 0.752. The molecular formula is C14H21NO4. The molecule has 0 aliphatic carbocycles. The van der Waals surface area contributed by atoms with Crippen LogP contribution in [0.25, 0.3) is 0 Å². The zero-order valence-corrected chi connectivity index (χ0v) is 11.6. The largest absolute Gasteiger partial charge is 0.490 e. The van der Waals surface area contributed by atoms with Gasteiger partial charge in [-0.3, -0.25) is 4.79 Å². The second-order valence-corrected chi connectivity index (χ2v) is 4.35. The van der Waals surface area contributed by atoms with Crippen LogP contribution in [-0.4, -0.2) is 30.3 Å². The Bertz CT molecular complexity index is 418. The first-order valence-corrected chi connectivity index (χ1v) is 6.36. The van der Waals surface area contributed by atoms with E-state index in [1.807, 2.05) is 20.8 Å². The van der Waals surface area contributed by atoms with E-state index in [-0.39, 0.29) is 25.2 Å². The maximum atomic E-state index is 11.6. The molecule has 19 heavy (non-hydrogen) atoms. The summed E-state index contributed by atoms with van der Waals surface area (Å²) in [6.07, 6.45) is 0. The highest BCUT2D eigenvalue weighted by molar-refractivity contribution is 5.77. The summed E-state index contributed by atoms with van der Waals surface area (Å²) < 4.78 is 10.9. The van der Waals surface area contributed by atoms with Gasteiger partial charge in [-0.1, -0.05) is 12.1 Å². The van der Waals surface area contributed by atoms with Gasteiger partial charge in [0.25, 0.3) is 5.91 Å². The fourth-order valence-corrected chi connectivity index (χ4v) is 1.62. The van der Waals surface area contributed by atoms with Crippen molar-refractivity contribution in [2.24, 2.45) is 0 Å². The van der Waals surface area contributed by atoms with E-state index in [0.29, 0.717) is 23.7 Å². The van der Waals surface area contributed by atoms with Crippen LogP contribution in [0.5, 0.6) is 11.5 Å². The molecule has 0 fully saturated rings. The van der Waals surface area contributed by atoms with Crippen LogP contribution in [0.3, 0.4) is 0 Å². The van der Waals surface area contributed by atoms with Crippen molar-refractivity contribution < 1.29 is 19.4 Å². The molecule has 1 aromatic rings. The van der Waals surface area contributed by atoms with Crippen LogP contribution in [0.15, 0.2) is 18.2 Å². The van der Waals surface area contributed by atoms with E-state index in [1.165, 1.54) is 0 Å². The fraction of sp³-hybridized carbons (Fsp3) is 0.500. The molecule has 0 heterocycles. The van der Waals surface area contributed by atoms with E-state index >= 15 is 0 Å². The van der Waals surface area contributed by atoms with Crippen molar-refractivity contribution in [2.45, 2.75) is 33.4 Å². The Hall–Kier alpha value is -1.75. The van der Waals surface area contributed by atoms with Gasteiger partial charge in [0.05, 0.1) is 13.2 Å². The highest BCUT2D eigenvalue weighted by Crippen LogP contribution is 2.31. The average Bonchev–Trinajstić information content (AvgIpc) is 2.36. The van der Waals surface area contributed by atoms with Crippen molar-refractivity contribution in [1.29, 1.82) is 0 Å². The quantitative estimate of drug-likeness (QED) is 0.785. The summed E-state index contributed by atoms with van der Waals surface area (Å²) in [5.41, 5.74) is 0.600. The van der Waals surface area contributed by atoms with Gasteiger partial charge >= 0.3 is 0 Å². The molecule has 0 radical (unpaired) electrons. The van der Waals surface area contributed by atoms with Gasteiger partial charge in [0.1, 0.15) is 0 Å². The molecule has 1 aromatic carbocycles. The highest BCUT2D eigenvalue weighted by atomic mass is 16.5. The minimum absolute atomic E-state index is 0.0653. The van der Waals surface area contributed by atoms with Crippen molar-refractivity contribution in [3.8, 4) is 11.5 Å². The van der Waals surface area contributed by atoms with E-state index < -0.39 is 0 Å². The van der Waals surface area contributed by atoms with E-state index in [0.717, 1.165) is 0 Å². The summed E-state index contributed by atoms with van der Waals surface area (Å²) in [7, 11) is 0. The van der Waals surface area contributed by atoms with E-state index in [2.05, 4.69) is 5.32 Å². The maximum absolute atomic E-state index is 11.6. The number of amides is 1. The number of carbonyl (C=O) groups is 1. The molecule has 0 bridgehead atoms. The van der Waals surface area contributed by atoms with Crippen molar-refractivity contribution >= 4 is 5.91 Å². The SMILES string of the molecule is CCOc1cccc(CO)c1OCC(=O)NC(C)C. The Morgan fingerprint density at radius 1 is 1.37 bits per heavy atom. The first kappa shape index (κ1) is 15.3. The molecule has 106 valence electrons. The molecule has 0 unspecified atom stereocenters. The minimum Gasteiger partial charge on any atom is -0.490 e. The molecule has 0 saturated carbocycles. The lowest BCUT2D eigenvalue weighted by molar-refractivity contribution is -0.123. The van der Waals surface area contributed by atoms with Crippen molar-refractivity contribution in [2.75, 3.05) is 13.2 Å². The zero-order chi connectivity index (χ0) is 14.3. The van der Waals surface area contributed by atoms with Crippen LogP contribution in [0, 0.1) is 0 Å². The lowest BCUT2D eigenvalue weighted by Gasteiger charge is -2.15. The predicted octanol–water partition coefficient (Wildman–Crippen LogP) is 1.48. The second-order valence-electron chi connectivity index (χ2n) is 4.35. The Labute approximate surface area is 113 Å². The number of nitrogens with one attached hydrogen (secondary N) is 1. The highest BCUT2D eigenvalue weighted by Gasteiger charge is 2.12. The first-order valence-electron chi connectivity index (χ1n) is 6.36. The van der Waals surface area contributed by atoms with Crippen LogP contribution < -0.4 is 14.8 Å². The number of para-hydroxylation sites is 1. The maximum Gasteiger partial charge on any atom is 0.258 e. The molecule has 0 atom stereocenters. The first-order chi connectivity index (χ1) is 9.08. The van der Waals surface area contributed by atoms with Gasteiger partial charge in [-0.2, -0.15) is 0 Å². The third-order valence-corrected chi connectivity index (χ3v) is 2.33. The van der Waals surface area contributed by atoms with Gasteiger partial charge in [-0.15, -0.1) is 0 Å². The number of ether oxygens (including phenoxy) is 2. The number of aliphatic hydroxyl groups excluding tert-OH is 1. The Kier molecular flexibility index (Phi) is 6.15. The van der Waals surface area contributed by atoms with E-state index in [4.69, 9.17) is 9.47 Å². The van der Waals surface area contributed by atoms with Gasteiger partial charge in [0.15, 0.2) is 18.1 Å². The predicted molar refractivity (Wildman–Crippen MR) is 72.3 cm³/mol. The lowest BCUT2D eigenvalue weighted by atomic mass is 10.2.